The fourth-order valence-electron chi connectivity index (χ4n) is 3.92. The molecule has 0 radical (unpaired) electrons. The van der Waals surface area contributed by atoms with Crippen molar-refractivity contribution in [2.75, 3.05) is 37.8 Å². The summed E-state index contributed by atoms with van der Waals surface area (Å²) < 4.78 is 25.4. The molecule has 2 aromatic carbocycles. The average molecular weight is 477 g/mol. The van der Waals surface area contributed by atoms with Crippen molar-refractivity contribution in [3.8, 4) is 5.69 Å². The molecule has 0 bridgehead atoms. The topological polar surface area (TPSA) is 109 Å². The van der Waals surface area contributed by atoms with Gasteiger partial charge in [-0.25, -0.2) is 13.4 Å². The molecule has 2 N–H and O–H groups in total. The standard InChI is InChI=1S/C24H24N6O3S/c1-34(32,33)21-8-6-20(7-9-21)30-13-10-18-16-26-24(28-22(18)30)27-19-4-2-17(3-5-19)23(31)29-14-11-25-12-15-29/h2-10,13,16,25H,11-12,14-15H2,1H3,(H,26,27,28). The summed E-state index contributed by atoms with van der Waals surface area (Å²) in [6, 6.07) is 15.9. The van der Waals surface area contributed by atoms with E-state index in [0.717, 1.165) is 29.9 Å². The zero-order chi connectivity index (χ0) is 23.7. The summed E-state index contributed by atoms with van der Waals surface area (Å²) >= 11 is 0. The molecule has 5 rings (SSSR count). The lowest BCUT2D eigenvalue weighted by Gasteiger charge is -2.27. The van der Waals surface area contributed by atoms with Gasteiger partial charge >= 0.3 is 0 Å². The van der Waals surface area contributed by atoms with Gasteiger partial charge in [-0.1, -0.05) is 0 Å². The van der Waals surface area contributed by atoms with Crippen LogP contribution in [0.1, 0.15) is 10.4 Å². The molecule has 3 heterocycles. The third-order valence-electron chi connectivity index (χ3n) is 5.76. The van der Waals surface area contributed by atoms with E-state index in [9.17, 15) is 13.2 Å². The first-order chi connectivity index (χ1) is 16.4. The minimum atomic E-state index is -3.26. The van der Waals surface area contributed by atoms with E-state index < -0.39 is 9.84 Å². The number of hydrogen-bond donors (Lipinski definition) is 2. The number of anilines is 2. The van der Waals surface area contributed by atoms with Gasteiger partial charge in [-0.2, -0.15) is 4.98 Å². The number of fused-ring (bicyclic) bond motifs is 1. The monoisotopic (exact) mass is 476 g/mol. The van der Waals surface area contributed by atoms with Crippen molar-refractivity contribution in [1.82, 2.24) is 24.8 Å². The molecular weight excluding hydrogens is 452 g/mol. The molecule has 174 valence electrons. The summed E-state index contributed by atoms with van der Waals surface area (Å²) in [7, 11) is -3.26. The van der Waals surface area contributed by atoms with Gasteiger partial charge in [0.25, 0.3) is 5.91 Å². The quantitative estimate of drug-likeness (QED) is 0.456. The Kier molecular flexibility index (Phi) is 5.76. The van der Waals surface area contributed by atoms with Crippen molar-refractivity contribution in [3.05, 3.63) is 72.6 Å². The normalized spacial score (nSPS) is 14.3. The van der Waals surface area contributed by atoms with Crippen molar-refractivity contribution >= 4 is 38.4 Å². The fraction of sp³-hybridized carbons (Fsp3) is 0.208. The molecule has 0 atom stereocenters. The Balaban J connectivity index is 1.36. The van der Waals surface area contributed by atoms with Gasteiger partial charge in [0.15, 0.2) is 9.84 Å². The number of rotatable bonds is 5. The molecule has 0 aliphatic carbocycles. The Morgan fingerprint density at radius 2 is 1.71 bits per heavy atom. The average Bonchev–Trinajstić information content (AvgIpc) is 3.27. The zero-order valence-corrected chi connectivity index (χ0v) is 19.4. The van der Waals surface area contributed by atoms with Crippen LogP contribution in [0.15, 0.2) is 71.9 Å². The first kappa shape index (κ1) is 22.1. The molecular formula is C24H24N6O3S. The fourth-order valence-corrected chi connectivity index (χ4v) is 4.55. The van der Waals surface area contributed by atoms with E-state index in [0.29, 0.717) is 30.2 Å². The van der Waals surface area contributed by atoms with Gasteiger partial charge in [0.2, 0.25) is 5.95 Å². The molecule has 4 aromatic rings. The van der Waals surface area contributed by atoms with Crippen molar-refractivity contribution < 1.29 is 13.2 Å². The van der Waals surface area contributed by atoms with Crippen LogP contribution in [-0.4, -0.2) is 66.2 Å². The zero-order valence-electron chi connectivity index (χ0n) is 18.6. The number of sulfone groups is 1. The molecule has 0 saturated carbocycles. The van der Waals surface area contributed by atoms with Gasteiger partial charge in [0, 0.05) is 67.2 Å². The molecule has 0 unspecified atom stereocenters. The summed E-state index contributed by atoms with van der Waals surface area (Å²) in [5.41, 5.74) is 2.90. The lowest BCUT2D eigenvalue weighted by atomic mass is 10.1. The van der Waals surface area contributed by atoms with Crippen LogP contribution in [0.4, 0.5) is 11.6 Å². The summed E-state index contributed by atoms with van der Waals surface area (Å²) in [4.78, 5) is 23.8. The van der Waals surface area contributed by atoms with Crippen molar-refractivity contribution in [3.63, 3.8) is 0 Å². The van der Waals surface area contributed by atoms with Crippen LogP contribution in [0.5, 0.6) is 0 Å². The Hall–Kier alpha value is -3.76. The third-order valence-corrected chi connectivity index (χ3v) is 6.89. The van der Waals surface area contributed by atoms with E-state index in [1.54, 1.807) is 42.6 Å². The van der Waals surface area contributed by atoms with Gasteiger partial charge < -0.3 is 20.1 Å². The number of aromatic nitrogens is 3. The van der Waals surface area contributed by atoms with Gasteiger partial charge in [-0.15, -0.1) is 0 Å². The van der Waals surface area contributed by atoms with Crippen LogP contribution in [0.25, 0.3) is 16.7 Å². The number of amides is 1. The van der Waals surface area contributed by atoms with E-state index in [1.165, 1.54) is 6.26 Å². The number of benzene rings is 2. The van der Waals surface area contributed by atoms with E-state index >= 15 is 0 Å². The highest BCUT2D eigenvalue weighted by atomic mass is 32.2. The van der Waals surface area contributed by atoms with Gasteiger partial charge in [-0.3, -0.25) is 4.79 Å². The van der Waals surface area contributed by atoms with Crippen LogP contribution in [0.3, 0.4) is 0 Å². The minimum absolute atomic E-state index is 0.0328. The number of hydrogen-bond acceptors (Lipinski definition) is 7. The number of carbonyl (C=O) groups excluding carboxylic acids is 1. The molecule has 1 amide bonds. The second-order valence-corrected chi connectivity index (χ2v) is 10.2. The Morgan fingerprint density at radius 1 is 1.00 bits per heavy atom. The van der Waals surface area contributed by atoms with Crippen LogP contribution in [0, 0.1) is 0 Å². The number of nitrogens with one attached hydrogen (secondary N) is 2. The van der Waals surface area contributed by atoms with Crippen molar-refractivity contribution in [2.45, 2.75) is 4.90 Å². The van der Waals surface area contributed by atoms with Crippen LogP contribution >= 0.6 is 0 Å². The third kappa shape index (κ3) is 4.50. The molecule has 9 nitrogen and oxygen atoms in total. The second-order valence-electron chi connectivity index (χ2n) is 8.17. The number of nitrogens with zero attached hydrogens (tertiary/aromatic N) is 4. The summed E-state index contributed by atoms with van der Waals surface area (Å²) in [6.45, 7) is 3.05. The van der Waals surface area contributed by atoms with Gasteiger partial charge in [0.1, 0.15) is 5.65 Å². The predicted octanol–water partition coefficient (Wildman–Crippen LogP) is 2.61. The smallest absolute Gasteiger partial charge is 0.253 e. The highest BCUT2D eigenvalue weighted by Crippen LogP contribution is 2.22. The number of piperazine rings is 1. The summed E-state index contributed by atoms with van der Waals surface area (Å²) in [5.74, 6) is 0.451. The maximum absolute atomic E-state index is 12.7. The van der Waals surface area contributed by atoms with Crippen molar-refractivity contribution in [2.24, 2.45) is 0 Å². The van der Waals surface area contributed by atoms with Gasteiger partial charge in [-0.05, 0) is 54.6 Å². The predicted molar refractivity (Wildman–Crippen MR) is 130 cm³/mol. The molecule has 2 aromatic heterocycles. The van der Waals surface area contributed by atoms with Crippen molar-refractivity contribution in [1.29, 1.82) is 0 Å². The summed E-state index contributed by atoms with van der Waals surface area (Å²) in [5, 5.41) is 7.29. The molecule has 34 heavy (non-hydrogen) atoms. The lowest BCUT2D eigenvalue weighted by molar-refractivity contribution is 0.0736. The van der Waals surface area contributed by atoms with Crippen LogP contribution in [-0.2, 0) is 9.84 Å². The van der Waals surface area contributed by atoms with E-state index in [1.807, 2.05) is 33.9 Å². The van der Waals surface area contributed by atoms with E-state index in [-0.39, 0.29) is 10.8 Å². The minimum Gasteiger partial charge on any atom is -0.336 e. The lowest BCUT2D eigenvalue weighted by Crippen LogP contribution is -2.46. The maximum Gasteiger partial charge on any atom is 0.253 e. The van der Waals surface area contributed by atoms with Crippen LogP contribution in [0.2, 0.25) is 0 Å². The molecule has 1 saturated heterocycles. The number of carbonyl (C=O) groups is 1. The highest BCUT2D eigenvalue weighted by molar-refractivity contribution is 7.90. The Bertz CT molecular complexity index is 1440. The van der Waals surface area contributed by atoms with Crippen LogP contribution < -0.4 is 10.6 Å². The Labute approximate surface area is 197 Å². The first-order valence-electron chi connectivity index (χ1n) is 10.9. The van der Waals surface area contributed by atoms with Gasteiger partial charge in [0.05, 0.1) is 4.90 Å². The van der Waals surface area contributed by atoms with E-state index in [2.05, 4.69) is 20.6 Å². The largest absolute Gasteiger partial charge is 0.336 e. The highest BCUT2D eigenvalue weighted by Gasteiger charge is 2.17. The Morgan fingerprint density at radius 3 is 2.38 bits per heavy atom. The van der Waals surface area contributed by atoms with E-state index in [4.69, 9.17) is 0 Å². The second kappa shape index (κ2) is 8.88. The molecule has 1 aliphatic heterocycles. The molecule has 10 heteroatoms. The SMILES string of the molecule is CS(=O)(=O)c1ccc(-n2ccc3cnc(Nc4ccc(C(=O)N5CCNCC5)cc4)nc32)cc1. The first-order valence-corrected chi connectivity index (χ1v) is 12.8. The molecule has 0 spiro atoms. The maximum atomic E-state index is 12.7. The molecule has 1 aliphatic rings. The molecule has 1 fully saturated rings. The summed E-state index contributed by atoms with van der Waals surface area (Å²) in [6.07, 6.45) is 4.79.